The molecule has 1 aromatic rings. The number of hydrogen-bond donors (Lipinski definition) is 1. The molecule has 4 heteroatoms. The second-order valence-electron chi connectivity index (χ2n) is 6.93. The minimum atomic E-state index is 0.226. The Labute approximate surface area is 122 Å². The van der Waals surface area contributed by atoms with E-state index in [1.165, 1.54) is 6.42 Å². The van der Waals surface area contributed by atoms with Crippen LogP contribution in [-0.4, -0.2) is 17.6 Å². The first kappa shape index (κ1) is 15.4. The van der Waals surface area contributed by atoms with Crippen LogP contribution < -0.4 is 10.1 Å². The van der Waals surface area contributed by atoms with E-state index in [1.807, 2.05) is 0 Å². The number of oxazole rings is 1. The first-order valence-corrected chi connectivity index (χ1v) is 7.80. The summed E-state index contributed by atoms with van der Waals surface area (Å²) in [6.45, 7) is 10.8. The van der Waals surface area contributed by atoms with Crippen LogP contribution in [0.15, 0.2) is 10.7 Å². The number of rotatable bonds is 6. The topological polar surface area (TPSA) is 47.3 Å². The average Bonchev–Trinajstić information content (AvgIpc) is 2.74. The van der Waals surface area contributed by atoms with Gasteiger partial charge in [0.05, 0.1) is 5.69 Å². The molecule has 0 radical (unpaired) electrons. The molecule has 1 saturated carbocycles. The number of nitrogens with zero attached hydrogens (tertiary/aromatic N) is 1. The van der Waals surface area contributed by atoms with Crippen LogP contribution in [0.25, 0.3) is 0 Å². The Kier molecular flexibility index (Phi) is 5.08. The molecule has 1 aromatic heterocycles. The summed E-state index contributed by atoms with van der Waals surface area (Å²) in [7, 11) is 0. The fourth-order valence-corrected chi connectivity index (χ4v) is 3.31. The van der Waals surface area contributed by atoms with E-state index >= 15 is 0 Å². The molecule has 0 aromatic carbocycles. The molecule has 4 nitrogen and oxygen atoms in total. The highest BCUT2D eigenvalue weighted by Crippen LogP contribution is 2.39. The molecule has 0 bridgehead atoms. The molecule has 0 saturated heterocycles. The molecule has 1 fully saturated rings. The van der Waals surface area contributed by atoms with Crippen LogP contribution >= 0.6 is 0 Å². The van der Waals surface area contributed by atoms with Gasteiger partial charge < -0.3 is 14.5 Å². The van der Waals surface area contributed by atoms with Gasteiger partial charge in [0.2, 0.25) is 0 Å². The van der Waals surface area contributed by atoms with E-state index < -0.39 is 0 Å². The predicted octanol–water partition coefficient (Wildman–Crippen LogP) is 3.77. The zero-order valence-corrected chi connectivity index (χ0v) is 13.2. The molecule has 1 N–H and O–H groups in total. The summed E-state index contributed by atoms with van der Waals surface area (Å²) in [4.78, 5) is 4.40. The largest absolute Gasteiger partial charge is 0.447 e. The third-order valence-electron chi connectivity index (χ3n) is 3.88. The van der Waals surface area contributed by atoms with Crippen LogP contribution in [0, 0.1) is 11.3 Å². The third-order valence-corrected chi connectivity index (χ3v) is 3.88. The van der Waals surface area contributed by atoms with Crippen LogP contribution in [0.4, 0.5) is 0 Å². The van der Waals surface area contributed by atoms with E-state index in [-0.39, 0.29) is 6.10 Å². The lowest BCUT2D eigenvalue weighted by Crippen LogP contribution is -2.34. The Morgan fingerprint density at radius 1 is 1.45 bits per heavy atom. The Morgan fingerprint density at radius 2 is 2.25 bits per heavy atom. The van der Waals surface area contributed by atoms with Crippen molar-refractivity contribution in [2.45, 2.75) is 66.0 Å². The lowest BCUT2D eigenvalue weighted by Gasteiger charge is -2.38. The smallest absolute Gasteiger partial charge is 0.394 e. The van der Waals surface area contributed by atoms with E-state index in [2.05, 4.69) is 38.0 Å². The van der Waals surface area contributed by atoms with Gasteiger partial charge in [0.15, 0.2) is 0 Å². The summed E-state index contributed by atoms with van der Waals surface area (Å²) in [5.74, 6) is 0.699. The van der Waals surface area contributed by atoms with Crippen molar-refractivity contribution < 1.29 is 9.15 Å². The lowest BCUT2D eigenvalue weighted by molar-refractivity contribution is 0.0365. The first-order chi connectivity index (χ1) is 9.48. The Balaban J connectivity index is 1.86. The van der Waals surface area contributed by atoms with E-state index in [0.717, 1.165) is 38.0 Å². The summed E-state index contributed by atoms with van der Waals surface area (Å²) in [6.07, 6.45) is 6.89. The quantitative estimate of drug-likeness (QED) is 0.806. The standard InChI is InChI=1S/C16H28N2O2/c1-5-6-17-10-13-11-19-15(18-13)20-14-7-12(2)8-16(3,4)9-14/h11-12,14,17H,5-10H2,1-4H3. The molecule has 0 aliphatic heterocycles. The van der Waals surface area contributed by atoms with Crippen molar-refractivity contribution >= 4 is 0 Å². The molecule has 0 spiro atoms. The maximum atomic E-state index is 5.94. The number of hydrogen-bond acceptors (Lipinski definition) is 4. The van der Waals surface area contributed by atoms with Gasteiger partial charge in [-0.1, -0.05) is 27.7 Å². The zero-order valence-electron chi connectivity index (χ0n) is 13.2. The van der Waals surface area contributed by atoms with Gasteiger partial charge in [-0.15, -0.1) is 0 Å². The van der Waals surface area contributed by atoms with Crippen LogP contribution in [0.1, 0.15) is 59.1 Å². The molecular weight excluding hydrogens is 252 g/mol. The van der Waals surface area contributed by atoms with Gasteiger partial charge in [0.1, 0.15) is 12.4 Å². The third kappa shape index (κ3) is 4.51. The van der Waals surface area contributed by atoms with E-state index in [9.17, 15) is 0 Å². The predicted molar refractivity (Wildman–Crippen MR) is 79.7 cm³/mol. The Hall–Kier alpha value is -1.03. The molecule has 1 aliphatic carbocycles. The molecular formula is C16H28N2O2. The minimum Gasteiger partial charge on any atom is -0.447 e. The van der Waals surface area contributed by atoms with Gasteiger partial charge in [0, 0.05) is 6.54 Å². The molecule has 1 heterocycles. The highest BCUT2D eigenvalue weighted by molar-refractivity contribution is 5.00. The molecule has 0 amide bonds. The second kappa shape index (κ2) is 6.61. The summed E-state index contributed by atoms with van der Waals surface area (Å²) >= 11 is 0. The van der Waals surface area contributed by atoms with Gasteiger partial charge in [-0.3, -0.25) is 0 Å². The van der Waals surface area contributed by atoms with Crippen LogP contribution in [0.2, 0.25) is 0 Å². The normalized spacial score (nSPS) is 25.6. The van der Waals surface area contributed by atoms with Crippen molar-refractivity contribution in [3.63, 3.8) is 0 Å². The summed E-state index contributed by atoms with van der Waals surface area (Å²) in [5, 5.41) is 3.31. The fourth-order valence-electron chi connectivity index (χ4n) is 3.31. The zero-order chi connectivity index (χ0) is 14.6. The van der Waals surface area contributed by atoms with Crippen molar-refractivity contribution in [3.8, 4) is 6.08 Å². The molecule has 1 aliphatic rings. The van der Waals surface area contributed by atoms with E-state index in [0.29, 0.717) is 17.4 Å². The number of aromatic nitrogens is 1. The van der Waals surface area contributed by atoms with Gasteiger partial charge in [-0.05, 0) is 43.6 Å². The SMILES string of the molecule is CCCNCc1coc(OC2CC(C)CC(C)(C)C2)n1. The van der Waals surface area contributed by atoms with Gasteiger partial charge in [-0.25, -0.2) is 0 Å². The summed E-state index contributed by atoms with van der Waals surface area (Å²) < 4.78 is 11.4. The second-order valence-corrected chi connectivity index (χ2v) is 6.93. The van der Waals surface area contributed by atoms with Gasteiger partial charge in [0.25, 0.3) is 0 Å². The van der Waals surface area contributed by atoms with E-state index in [1.54, 1.807) is 6.26 Å². The highest BCUT2D eigenvalue weighted by Gasteiger charge is 2.33. The van der Waals surface area contributed by atoms with Gasteiger partial charge >= 0.3 is 6.08 Å². The van der Waals surface area contributed by atoms with Crippen molar-refractivity contribution in [3.05, 3.63) is 12.0 Å². The molecule has 20 heavy (non-hydrogen) atoms. The molecule has 2 atom stereocenters. The highest BCUT2D eigenvalue weighted by atomic mass is 16.6. The molecule has 114 valence electrons. The van der Waals surface area contributed by atoms with Crippen molar-refractivity contribution in [2.24, 2.45) is 11.3 Å². The van der Waals surface area contributed by atoms with Crippen molar-refractivity contribution in [1.29, 1.82) is 0 Å². The Bertz CT molecular complexity index is 414. The fraction of sp³-hybridized carbons (Fsp3) is 0.812. The monoisotopic (exact) mass is 280 g/mol. The van der Waals surface area contributed by atoms with E-state index in [4.69, 9.17) is 9.15 Å². The first-order valence-electron chi connectivity index (χ1n) is 7.80. The van der Waals surface area contributed by atoms with Crippen molar-refractivity contribution in [1.82, 2.24) is 10.3 Å². The average molecular weight is 280 g/mol. The van der Waals surface area contributed by atoms with Crippen molar-refractivity contribution in [2.75, 3.05) is 6.54 Å². The summed E-state index contributed by atoms with van der Waals surface area (Å²) in [6, 6.07) is 0. The van der Waals surface area contributed by atoms with Crippen LogP contribution in [0.5, 0.6) is 6.08 Å². The maximum absolute atomic E-state index is 5.94. The lowest BCUT2D eigenvalue weighted by atomic mass is 9.71. The minimum absolute atomic E-state index is 0.226. The number of ether oxygens (including phenoxy) is 1. The maximum Gasteiger partial charge on any atom is 0.394 e. The molecule has 2 unspecified atom stereocenters. The number of nitrogens with one attached hydrogen (secondary N) is 1. The van der Waals surface area contributed by atoms with Crippen LogP contribution in [0.3, 0.4) is 0 Å². The van der Waals surface area contributed by atoms with Crippen LogP contribution in [-0.2, 0) is 6.54 Å². The molecule has 2 rings (SSSR count). The summed E-state index contributed by atoms with van der Waals surface area (Å²) in [5.41, 5.74) is 1.26. The van der Waals surface area contributed by atoms with Gasteiger partial charge in [-0.2, -0.15) is 4.98 Å². The Morgan fingerprint density at radius 3 is 2.95 bits per heavy atom.